The van der Waals surface area contributed by atoms with Gasteiger partial charge >= 0.3 is 0 Å². The molecule has 0 saturated carbocycles. The molecule has 0 bridgehead atoms. The number of benzene rings is 1. The number of para-hydroxylation sites is 2. The van der Waals surface area contributed by atoms with Crippen molar-refractivity contribution in [3.63, 3.8) is 0 Å². The minimum Gasteiger partial charge on any atom is -0.495 e. The molecule has 0 aliphatic heterocycles. The minimum absolute atomic E-state index is 0.0642. The van der Waals surface area contributed by atoms with E-state index in [4.69, 9.17) is 4.74 Å². The highest BCUT2D eigenvalue weighted by atomic mass is 16.5. The predicted octanol–water partition coefficient (Wildman–Crippen LogP) is 1.95. The number of hydrogen-bond acceptors (Lipinski definition) is 4. The fraction of sp³-hybridized carbons (Fsp3) is 0.562. The van der Waals surface area contributed by atoms with Gasteiger partial charge in [-0.2, -0.15) is 0 Å². The summed E-state index contributed by atoms with van der Waals surface area (Å²) in [6.07, 6.45) is 1.13. The third kappa shape index (κ3) is 6.14. The molecule has 0 aliphatic carbocycles. The molecule has 5 heteroatoms. The second-order valence-corrected chi connectivity index (χ2v) is 5.16. The number of nitrogens with zero attached hydrogens (tertiary/aromatic N) is 1. The van der Waals surface area contributed by atoms with Crippen molar-refractivity contribution in [3.05, 3.63) is 24.3 Å². The lowest BCUT2D eigenvalue weighted by Crippen LogP contribution is -2.37. The summed E-state index contributed by atoms with van der Waals surface area (Å²) in [6, 6.07) is 7.95. The van der Waals surface area contributed by atoms with Gasteiger partial charge in [-0.3, -0.25) is 4.79 Å². The van der Waals surface area contributed by atoms with Crippen molar-refractivity contribution >= 4 is 11.6 Å². The quantitative estimate of drug-likeness (QED) is 0.683. The van der Waals surface area contributed by atoms with Crippen molar-refractivity contribution in [1.82, 2.24) is 10.2 Å². The van der Waals surface area contributed by atoms with Crippen LogP contribution in [0.4, 0.5) is 5.69 Å². The molecule has 0 fully saturated rings. The highest BCUT2D eigenvalue weighted by Crippen LogP contribution is 2.22. The summed E-state index contributed by atoms with van der Waals surface area (Å²) in [6.45, 7) is 6.40. The maximum absolute atomic E-state index is 11.9. The molecule has 5 nitrogen and oxygen atoms in total. The lowest BCUT2D eigenvalue weighted by Gasteiger charge is -2.23. The van der Waals surface area contributed by atoms with Gasteiger partial charge in [-0.25, -0.2) is 0 Å². The standard InChI is InChI=1S/C16H27N3O2/c1-5-13(2)19(3)11-10-17-12-16(20)18-14-8-6-7-9-15(14)21-4/h6-9,13,17H,5,10-12H2,1-4H3,(H,18,20). The number of carbonyl (C=O) groups excluding carboxylic acids is 1. The van der Waals surface area contributed by atoms with E-state index < -0.39 is 0 Å². The largest absolute Gasteiger partial charge is 0.495 e. The molecular formula is C16H27N3O2. The summed E-state index contributed by atoms with van der Waals surface area (Å²) in [7, 11) is 3.69. The molecule has 0 aliphatic rings. The number of rotatable bonds is 9. The Balaban J connectivity index is 2.28. The number of nitrogens with one attached hydrogen (secondary N) is 2. The van der Waals surface area contributed by atoms with E-state index in [1.54, 1.807) is 7.11 Å². The van der Waals surface area contributed by atoms with E-state index in [-0.39, 0.29) is 5.91 Å². The summed E-state index contributed by atoms with van der Waals surface area (Å²) >= 11 is 0. The minimum atomic E-state index is -0.0642. The first-order valence-corrected chi connectivity index (χ1v) is 7.42. The van der Waals surface area contributed by atoms with Crippen LogP contribution in [0, 0.1) is 0 Å². The van der Waals surface area contributed by atoms with Gasteiger partial charge in [-0.1, -0.05) is 19.1 Å². The smallest absolute Gasteiger partial charge is 0.238 e. The summed E-state index contributed by atoms with van der Waals surface area (Å²) < 4.78 is 5.20. The summed E-state index contributed by atoms with van der Waals surface area (Å²) in [4.78, 5) is 14.2. The van der Waals surface area contributed by atoms with Crippen LogP contribution in [0.5, 0.6) is 5.75 Å². The molecule has 0 heterocycles. The number of anilines is 1. The molecule has 1 amide bonds. The van der Waals surface area contributed by atoms with Gasteiger partial charge in [0.05, 0.1) is 19.3 Å². The van der Waals surface area contributed by atoms with Crippen LogP contribution in [-0.4, -0.2) is 50.6 Å². The third-order valence-corrected chi connectivity index (χ3v) is 3.65. The van der Waals surface area contributed by atoms with E-state index in [0.717, 1.165) is 19.5 Å². The molecule has 1 unspecified atom stereocenters. The summed E-state index contributed by atoms with van der Waals surface area (Å²) in [5.41, 5.74) is 0.698. The Morgan fingerprint density at radius 3 is 2.76 bits per heavy atom. The number of amides is 1. The second-order valence-electron chi connectivity index (χ2n) is 5.16. The lowest BCUT2D eigenvalue weighted by atomic mass is 10.2. The Labute approximate surface area is 127 Å². The molecule has 0 saturated heterocycles. The number of likely N-dealkylation sites (N-methyl/N-ethyl adjacent to an activating group) is 1. The van der Waals surface area contributed by atoms with Crippen LogP contribution in [-0.2, 0) is 4.79 Å². The highest BCUT2D eigenvalue weighted by molar-refractivity contribution is 5.93. The first-order valence-electron chi connectivity index (χ1n) is 7.42. The van der Waals surface area contributed by atoms with Crippen LogP contribution in [0.15, 0.2) is 24.3 Å². The normalized spacial score (nSPS) is 12.2. The molecule has 1 rings (SSSR count). The molecule has 1 aromatic carbocycles. The average Bonchev–Trinajstić information content (AvgIpc) is 2.51. The van der Waals surface area contributed by atoms with E-state index in [0.29, 0.717) is 24.0 Å². The zero-order chi connectivity index (χ0) is 15.7. The van der Waals surface area contributed by atoms with Crippen LogP contribution < -0.4 is 15.4 Å². The van der Waals surface area contributed by atoms with Crippen molar-refractivity contribution in [1.29, 1.82) is 0 Å². The van der Waals surface area contributed by atoms with Crippen LogP contribution in [0.25, 0.3) is 0 Å². The molecule has 118 valence electrons. The molecule has 0 aromatic heterocycles. The van der Waals surface area contributed by atoms with E-state index in [9.17, 15) is 4.79 Å². The van der Waals surface area contributed by atoms with Gasteiger partial charge in [0, 0.05) is 19.1 Å². The molecular weight excluding hydrogens is 266 g/mol. The number of ether oxygens (including phenoxy) is 1. The first-order chi connectivity index (χ1) is 10.1. The van der Waals surface area contributed by atoms with Crippen molar-refractivity contribution in [2.45, 2.75) is 26.3 Å². The van der Waals surface area contributed by atoms with Crippen LogP contribution in [0.1, 0.15) is 20.3 Å². The molecule has 2 N–H and O–H groups in total. The predicted molar refractivity (Wildman–Crippen MR) is 86.9 cm³/mol. The number of methoxy groups -OCH3 is 1. The zero-order valence-corrected chi connectivity index (χ0v) is 13.5. The number of carbonyl (C=O) groups is 1. The summed E-state index contributed by atoms with van der Waals surface area (Å²) in [5.74, 6) is 0.605. The Bertz CT molecular complexity index is 437. The Hall–Kier alpha value is -1.59. The third-order valence-electron chi connectivity index (χ3n) is 3.65. The van der Waals surface area contributed by atoms with Gasteiger partial charge in [-0.15, -0.1) is 0 Å². The fourth-order valence-electron chi connectivity index (χ4n) is 1.93. The highest BCUT2D eigenvalue weighted by Gasteiger charge is 2.08. The second kappa shape index (κ2) is 9.37. The van der Waals surface area contributed by atoms with Gasteiger partial charge in [0.15, 0.2) is 0 Å². The van der Waals surface area contributed by atoms with Gasteiger partial charge in [0.1, 0.15) is 5.75 Å². The maximum Gasteiger partial charge on any atom is 0.238 e. The van der Waals surface area contributed by atoms with E-state index in [2.05, 4.69) is 36.4 Å². The van der Waals surface area contributed by atoms with Crippen LogP contribution >= 0.6 is 0 Å². The van der Waals surface area contributed by atoms with E-state index in [1.807, 2.05) is 24.3 Å². The average molecular weight is 293 g/mol. The molecule has 0 spiro atoms. The van der Waals surface area contributed by atoms with Gasteiger partial charge < -0.3 is 20.3 Å². The Morgan fingerprint density at radius 1 is 1.38 bits per heavy atom. The lowest BCUT2D eigenvalue weighted by molar-refractivity contribution is -0.115. The van der Waals surface area contributed by atoms with Gasteiger partial charge in [0.25, 0.3) is 0 Å². The van der Waals surface area contributed by atoms with Gasteiger partial charge in [0.2, 0.25) is 5.91 Å². The fourth-order valence-corrected chi connectivity index (χ4v) is 1.93. The monoisotopic (exact) mass is 293 g/mol. The topological polar surface area (TPSA) is 53.6 Å². The van der Waals surface area contributed by atoms with Crippen molar-refractivity contribution < 1.29 is 9.53 Å². The SMILES string of the molecule is CCC(C)N(C)CCNCC(=O)Nc1ccccc1OC. The van der Waals surface area contributed by atoms with Crippen LogP contribution in [0.3, 0.4) is 0 Å². The zero-order valence-electron chi connectivity index (χ0n) is 13.5. The van der Waals surface area contributed by atoms with Gasteiger partial charge in [-0.05, 0) is 32.5 Å². The van der Waals surface area contributed by atoms with Crippen molar-refractivity contribution in [2.24, 2.45) is 0 Å². The molecule has 21 heavy (non-hydrogen) atoms. The molecule has 1 atom stereocenters. The van der Waals surface area contributed by atoms with E-state index in [1.165, 1.54) is 0 Å². The molecule has 0 radical (unpaired) electrons. The molecule has 1 aromatic rings. The maximum atomic E-state index is 11.9. The Morgan fingerprint density at radius 2 is 2.10 bits per heavy atom. The van der Waals surface area contributed by atoms with Crippen molar-refractivity contribution in [2.75, 3.05) is 39.1 Å². The first kappa shape index (κ1) is 17.5. The number of hydrogen-bond donors (Lipinski definition) is 2. The Kier molecular flexibility index (Phi) is 7.79. The van der Waals surface area contributed by atoms with Crippen molar-refractivity contribution in [3.8, 4) is 5.75 Å². The van der Waals surface area contributed by atoms with E-state index >= 15 is 0 Å². The summed E-state index contributed by atoms with van der Waals surface area (Å²) in [5, 5.41) is 6.00. The van der Waals surface area contributed by atoms with Crippen LogP contribution in [0.2, 0.25) is 0 Å².